The largest absolute Gasteiger partial charge is 0.439 e. The number of carbonyl (C=O) groups is 1. The average Bonchev–Trinajstić information content (AvgIpc) is 2.70. The maximum atomic E-state index is 12.9. The number of para-hydroxylation sites is 2. The molecule has 0 aliphatic carbocycles. The number of ether oxygens (including phenoxy) is 1. The molecule has 0 saturated carbocycles. The van der Waals surface area contributed by atoms with E-state index >= 15 is 0 Å². The Morgan fingerprint density at radius 2 is 1.59 bits per heavy atom. The fraction of sp³-hybridized carbons (Fsp3) is 0. The highest BCUT2D eigenvalue weighted by Gasteiger charge is 2.14. The summed E-state index contributed by atoms with van der Waals surface area (Å²) in [6.45, 7) is 0. The number of amides is 1. The van der Waals surface area contributed by atoms with E-state index in [2.05, 4.69) is 26.2 Å². The molecule has 1 amide bonds. The molecule has 0 unspecified atom stereocenters. The van der Waals surface area contributed by atoms with Gasteiger partial charge in [0.1, 0.15) is 5.75 Å². The van der Waals surface area contributed by atoms with Crippen LogP contribution in [0.5, 0.6) is 11.6 Å². The van der Waals surface area contributed by atoms with Crippen LogP contribution in [0.4, 0.5) is 5.69 Å². The van der Waals surface area contributed by atoms with Gasteiger partial charge in [-0.2, -0.15) is 0 Å². The zero-order valence-corrected chi connectivity index (χ0v) is 15.8. The number of nitrogens with one attached hydrogen (secondary N) is 1. The quantitative estimate of drug-likeness (QED) is 0.439. The molecule has 1 N–H and O–H groups in total. The molecule has 1 heterocycles. The first-order valence-corrected chi connectivity index (χ1v) is 9.18. The van der Waals surface area contributed by atoms with E-state index in [0.29, 0.717) is 22.7 Å². The number of hydrogen-bond acceptors (Lipinski definition) is 3. The van der Waals surface area contributed by atoms with Crippen molar-refractivity contribution < 1.29 is 9.53 Å². The van der Waals surface area contributed by atoms with Gasteiger partial charge < -0.3 is 10.1 Å². The molecule has 0 atom stereocenters. The summed E-state index contributed by atoms with van der Waals surface area (Å²) < 4.78 is 6.83. The van der Waals surface area contributed by atoms with Crippen LogP contribution >= 0.6 is 15.9 Å². The second-order valence-corrected chi connectivity index (χ2v) is 6.82. The Hall–Kier alpha value is -3.18. The van der Waals surface area contributed by atoms with Gasteiger partial charge in [0, 0.05) is 21.6 Å². The van der Waals surface area contributed by atoms with Crippen LogP contribution < -0.4 is 10.1 Å². The molecular weight excluding hydrogens is 404 g/mol. The minimum absolute atomic E-state index is 0.208. The van der Waals surface area contributed by atoms with Crippen LogP contribution in [0.15, 0.2) is 89.4 Å². The number of rotatable bonds is 4. The highest BCUT2D eigenvalue weighted by Crippen LogP contribution is 2.27. The van der Waals surface area contributed by atoms with Gasteiger partial charge in [0.2, 0.25) is 5.88 Å². The Kier molecular flexibility index (Phi) is 4.85. The molecule has 0 radical (unpaired) electrons. The van der Waals surface area contributed by atoms with Gasteiger partial charge in [-0.15, -0.1) is 0 Å². The lowest BCUT2D eigenvalue weighted by Gasteiger charge is -2.11. The number of hydrogen-bond donors (Lipinski definition) is 1. The molecular formula is C22H15BrN2O2. The summed E-state index contributed by atoms with van der Waals surface area (Å²) in [5, 5.41) is 3.69. The van der Waals surface area contributed by atoms with Crippen LogP contribution in [0, 0.1) is 0 Å². The highest BCUT2D eigenvalue weighted by molar-refractivity contribution is 9.10. The molecule has 4 rings (SSSR count). The van der Waals surface area contributed by atoms with Gasteiger partial charge in [0.15, 0.2) is 0 Å². The van der Waals surface area contributed by atoms with E-state index in [4.69, 9.17) is 4.74 Å². The van der Waals surface area contributed by atoms with E-state index in [1.54, 1.807) is 6.07 Å². The molecule has 0 fully saturated rings. The van der Waals surface area contributed by atoms with Crippen molar-refractivity contribution in [3.05, 3.63) is 95.0 Å². The number of aromatic nitrogens is 1. The maximum absolute atomic E-state index is 12.9. The van der Waals surface area contributed by atoms with E-state index in [9.17, 15) is 4.79 Å². The smallest absolute Gasteiger partial charge is 0.256 e. The predicted octanol–water partition coefficient (Wildman–Crippen LogP) is 6.04. The molecule has 0 bridgehead atoms. The summed E-state index contributed by atoms with van der Waals surface area (Å²) >= 11 is 3.40. The van der Waals surface area contributed by atoms with Crippen molar-refractivity contribution in [2.24, 2.45) is 0 Å². The molecule has 132 valence electrons. The fourth-order valence-electron chi connectivity index (χ4n) is 2.73. The number of benzene rings is 3. The lowest BCUT2D eigenvalue weighted by atomic mass is 10.1. The molecule has 27 heavy (non-hydrogen) atoms. The van der Waals surface area contributed by atoms with Gasteiger partial charge >= 0.3 is 0 Å². The van der Waals surface area contributed by atoms with Crippen molar-refractivity contribution in [3.8, 4) is 11.6 Å². The molecule has 0 spiro atoms. The minimum atomic E-state index is -0.208. The predicted molar refractivity (Wildman–Crippen MR) is 110 cm³/mol. The Morgan fingerprint density at radius 3 is 2.37 bits per heavy atom. The Balaban J connectivity index is 1.72. The van der Waals surface area contributed by atoms with Crippen LogP contribution in [0.25, 0.3) is 10.9 Å². The molecule has 4 nitrogen and oxygen atoms in total. The van der Waals surface area contributed by atoms with Crippen molar-refractivity contribution in [1.29, 1.82) is 0 Å². The summed E-state index contributed by atoms with van der Waals surface area (Å²) in [4.78, 5) is 17.4. The van der Waals surface area contributed by atoms with E-state index in [-0.39, 0.29) is 5.91 Å². The molecule has 1 aromatic heterocycles. The second kappa shape index (κ2) is 7.60. The Bertz CT molecular complexity index is 1100. The lowest BCUT2D eigenvalue weighted by molar-refractivity contribution is 0.102. The van der Waals surface area contributed by atoms with E-state index < -0.39 is 0 Å². The summed E-state index contributed by atoms with van der Waals surface area (Å²) in [7, 11) is 0. The molecule has 0 saturated heterocycles. The minimum Gasteiger partial charge on any atom is -0.439 e. The van der Waals surface area contributed by atoms with Gasteiger partial charge in [-0.25, -0.2) is 4.98 Å². The third-order valence-electron chi connectivity index (χ3n) is 4.01. The van der Waals surface area contributed by atoms with E-state index in [1.807, 2.05) is 78.9 Å². The second-order valence-electron chi connectivity index (χ2n) is 5.90. The van der Waals surface area contributed by atoms with Crippen molar-refractivity contribution in [1.82, 2.24) is 4.98 Å². The van der Waals surface area contributed by atoms with Crippen LogP contribution in [0.1, 0.15) is 10.4 Å². The molecule has 5 heteroatoms. The first-order valence-electron chi connectivity index (χ1n) is 8.39. The number of fused-ring (bicyclic) bond motifs is 1. The van der Waals surface area contributed by atoms with Gasteiger partial charge in [0.25, 0.3) is 5.91 Å². The Morgan fingerprint density at radius 1 is 0.889 bits per heavy atom. The third-order valence-corrected chi connectivity index (χ3v) is 4.53. The number of carbonyl (C=O) groups excluding carboxylic acids is 1. The fourth-order valence-corrected chi connectivity index (χ4v) is 3.00. The van der Waals surface area contributed by atoms with E-state index in [0.717, 1.165) is 15.5 Å². The molecule has 3 aromatic carbocycles. The summed E-state index contributed by atoms with van der Waals surface area (Å²) in [6, 6.07) is 26.0. The monoisotopic (exact) mass is 418 g/mol. The van der Waals surface area contributed by atoms with Crippen molar-refractivity contribution in [2.45, 2.75) is 0 Å². The topological polar surface area (TPSA) is 51.2 Å². The van der Waals surface area contributed by atoms with Gasteiger partial charge in [-0.1, -0.05) is 52.3 Å². The maximum Gasteiger partial charge on any atom is 0.256 e. The van der Waals surface area contributed by atoms with Crippen molar-refractivity contribution in [2.75, 3.05) is 5.32 Å². The number of pyridine rings is 1. The molecule has 0 aliphatic heterocycles. The summed E-state index contributed by atoms with van der Waals surface area (Å²) in [5.41, 5.74) is 1.95. The first-order chi connectivity index (χ1) is 13.2. The summed E-state index contributed by atoms with van der Waals surface area (Å²) in [6.07, 6.45) is 0. The van der Waals surface area contributed by atoms with Gasteiger partial charge in [-0.3, -0.25) is 4.79 Å². The van der Waals surface area contributed by atoms with Crippen LogP contribution in [-0.4, -0.2) is 10.9 Å². The number of anilines is 1. The zero-order chi connectivity index (χ0) is 18.6. The molecule has 4 aromatic rings. The molecule has 0 aliphatic rings. The van der Waals surface area contributed by atoms with Crippen LogP contribution in [0.3, 0.4) is 0 Å². The first kappa shape index (κ1) is 17.2. The van der Waals surface area contributed by atoms with Gasteiger partial charge in [-0.05, 0) is 42.5 Å². The normalized spacial score (nSPS) is 10.6. The highest BCUT2D eigenvalue weighted by atomic mass is 79.9. The van der Waals surface area contributed by atoms with Gasteiger partial charge in [0.05, 0.1) is 11.1 Å². The summed E-state index contributed by atoms with van der Waals surface area (Å²) in [5.74, 6) is 0.810. The van der Waals surface area contributed by atoms with Crippen molar-refractivity contribution >= 4 is 38.4 Å². The van der Waals surface area contributed by atoms with Crippen LogP contribution in [-0.2, 0) is 0 Å². The van der Waals surface area contributed by atoms with Crippen molar-refractivity contribution in [3.63, 3.8) is 0 Å². The lowest BCUT2D eigenvalue weighted by Crippen LogP contribution is -2.13. The average molecular weight is 419 g/mol. The Labute approximate surface area is 165 Å². The standard InChI is InChI=1S/C22H15BrN2O2/c23-15-10-12-17(13-11-15)27-21-14-19(18-8-4-5-9-20(18)25-21)22(26)24-16-6-2-1-3-7-16/h1-14H,(H,24,26). The SMILES string of the molecule is O=C(Nc1ccccc1)c1cc(Oc2ccc(Br)cc2)nc2ccccc12. The van der Waals surface area contributed by atoms with E-state index in [1.165, 1.54) is 0 Å². The van der Waals surface area contributed by atoms with Crippen LogP contribution in [0.2, 0.25) is 0 Å². The zero-order valence-electron chi connectivity index (χ0n) is 14.2. The number of nitrogens with zero attached hydrogens (tertiary/aromatic N) is 1. The number of halogens is 1. The third kappa shape index (κ3) is 3.99.